The molecule has 60 heavy (non-hydrogen) atoms. The quantitative estimate of drug-likeness (QED) is 0.0787. The van der Waals surface area contributed by atoms with E-state index in [1.807, 2.05) is 119 Å². The Hall–Kier alpha value is -5.76. The second kappa shape index (κ2) is 23.7. The number of ether oxygens (including phenoxy) is 1. The number of aliphatic hydroxyl groups excluding tert-OH is 1. The molecule has 0 saturated carbocycles. The SMILES string of the molecule is CC(C)C[C@H](NC(=O)C[C@H](O)[C@H](CC(C)C)NC(=O)[C@H](Cc1ccccc1)NC(=O)[C@H](Cc1ccccc1)NC(=O)OC(C)(C)C)C(=O)N[C@@H](Cc1ccccc1)C(N)=O. The van der Waals surface area contributed by atoms with Gasteiger partial charge >= 0.3 is 6.09 Å². The van der Waals surface area contributed by atoms with Gasteiger partial charge in [0.25, 0.3) is 0 Å². The number of hydrogen-bond donors (Lipinski definition) is 7. The van der Waals surface area contributed by atoms with E-state index in [1.54, 1.807) is 20.8 Å². The number of nitrogens with one attached hydrogen (secondary N) is 5. The first-order valence-corrected chi connectivity index (χ1v) is 20.6. The van der Waals surface area contributed by atoms with Crippen LogP contribution in [0.1, 0.15) is 84.4 Å². The van der Waals surface area contributed by atoms with Crippen molar-refractivity contribution in [3.05, 3.63) is 108 Å². The van der Waals surface area contributed by atoms with E-state index >= 15 is 0 Å². The second-order valence-electron chi connectivity index (χ2n) is 17.1. The molecule has 0 aliphatic carbocycles. The minimum absolute atomic E-state index is 0.0245. The molecule has 0 fully saturated rings. The highest BCUT2D eigenvalue weighted by Crippen LogP contribution is 2.15. The van der Waals surface area contributed by atoms with Crippen molar-refractivity contribution in [1.82, 2.24) is 26.6 Å². The molecule has 0 saturated heterocycles. The first-order valence-electron chi connectivity index (χ1n) is 20.6. The Balaban J connectivity index is 1.80. The van der Waals surface area contributed by atoms with Crippen LogP contribution in [0.25, 0.3) is 0 Å². The number of benzene rings is 3. The van der Waals surface area contributed by atoms with E-state index < -0.39 is 84.0 Å². The zero-order valence-corrected chi connectivity index (χ0v) is 35.9. The summed E-state index contributed by atoms with van der Waals surface area (Å²) < 4.78 is 5.44. The molecule has 0 unspecified atom stereocenters. The zero-order chi connectivity index (χ0) is 44.4. The molecule has 0 radical (unpaired) electrons. The van der Waals surface area contributed by atoms with Gasteiger partial charge in [0.15, 0.2) is 0 Å². The lowest BCUT2D eigenvalue weighted by Gasteiger charge is -2.29. The fraction of sp³-hybridized carbons (Fsp3) is 0.478. The highest BCUT2D eigenvalue weighted by Gasteiger charge is 2.33. The van der Waals surface area contributed by atoms with Crippen LogP contribution in [0, 0.1) is 11.8 Å². The Kier molecular flexibility index (Phi) is 19.2. The number of carbonyl (C=O) groups excluding carboxylic acids is 6. The summed E-state index contributed by atoms with van der Waals surface area (Å²) in [7, 11) is 0. The van der Waals surface area contributed by atoms with E-state index in [0.717, 1.165) is 16.7 Å². The molecule has 0 aliphatic rings. The maximum absolute atomic E-state index is 14.2. The Labute approximate surface area is 354 Å². The Morgan fingerprint density at radius 2 is 0.967 bits per heavy atom. The summed E-state index contributed by atoms with van der Waals surface area (Å²) in [5, 5.41) is 25.3. The van der Waals surface area contributed by atoms with Crippen LogP contribution >= 0.6 is 0 Å². The number of primary amides is 1. The first-order chi connectivity index (χ1) is 28.3. The van der Waals surface area contributed by atoms with Crippen molar-refractivity contribution >= 4 is 35.6 Å². The van der Waals surface area contributed by atoms with Crippen molar-refractivity contribution in [2.24, 2.45) is 17.6 Å². The topological polar surface area (TPSA) is 218 Å². The van der Waals surface area contributed by atoms with Crippen molar-refractivity contribution in [3.8, 4) is 0 Å². The van der Waals surface area contributed by atoms with Crippen molar-refractivity contribution in [1.29, 1.82) is 0 Å². The molecule has 3 aromatic carbocycles. The van der Waals surface area contributed by atoms with Gasteiger partial charge in [0.05, 0.1) is 18.6 Å². The van der Waals surface area contributed by atoms with Crippen LogP contribution in [-0.2, 0) is 48.0 Å². The molecular formula is C46H64N6O8. The van der Waals surface area contributed by atoms with E-state index in [9.17, 15) is 33.9 Å². The number of amides is 6. The number of rotatable bonds is 22. The molecule has 6 atom stereocenters. The lowest BCUT2D eigenvalue weighted by Crippen LogP contribution is -2.58. The van der Waals surface area contributed by atoms with Crippen LogP contribution in [-0.4, -0.2) is 82.6 Å². The number of alkyl carbamates (subject to hydrolysis) is 1. The molecule has 326 valence electrons. The van der Waals surface area contributed by atoms with E-state index in [4.69, 9.17) is 10.5 Å². The van der Waals surface area contributed by atoms with E-state index in [1.165, 1.54) is 0 Å². The van der Waals surface area contributed by atoms with Gasteiger partial charge < -0.3 is 42.2 Å². The molecule has 3 aromatic rings. The minimum atomic E-state index is -1.39. The summed E-state index contributed by atoms with van der Waals surface area (Å²) in [5.41, 5.74) is 7.12. The second-order valence-corrected chi connectivity index (χ2v) is 17.1. The average Bonchev–Trinajstić information content (AvgIpc) is 3.16. The fourth-order valence-corrected chi connectivity index (χ4v) is 6.58. The molecule has 0 heterocycles. The summed E-state index contributed by atoms with van der Waals surface area (Å²) in [6.45, 7) is 12.7. The predicted octanol–water partition coefficient (Wildman–Crippen LogP) is 3.88. The third-order valence-electron chi connectivity index (χ3n) is 9.42. The summed E-state index contributed by atoms with van der Waals surface area (Å²) in [6, 6.07) is 22.0. The standard InChI is InChI=1S/C46H64N6O8/c1-29(2)23-34(39(53)28-40(54)48-36(24-30(3)4)42(56)50-35(41(47)55)25-31-17-11-8-12-18-31)49-43(57)37(26-32-19-13-9-14-20-32)51-44(58)38(27-33-21-15-10-16-22-33)52-45(59)60-46(5,6)7/h8-22,29-30,34-39,53H,23-28H2,1-7H3,(H2,47,55)(H,48,54)(H,49,57)(H,50,56)(H,51,58)(H,52,59)/t34-,35-,36-,37-,38-,39-/m0/s1. The van der Waals surface area contributed by atoms with E-state index in [2.05, 4.69) is 26.6 Å². The molecule has 8 N–H and O–H groups in total. The van der Waals surface area contributed by atoms with Crippen molar-refractivity contribution < 1.29 is 38.6 Å². The highest BCUT2D eigenvalue weighted by molar-refractivity contribution is 5.93. The normalized spacial score (nSPS) is 14.4. The predicted molar refractivity (Wildman–Crippen MR) is 230 cm³/mol. The smallest absolute Gasteiger partial charge is 0.408 e. The summed E-state index contributed by atoms with van der Waals surface area (Å²) in [5.74, 6) is -3.25. The van der Waals surface area contributed by atoms with Crippen LogP contribution in [0.15, 0.2) is 91.0 Å². The largest absolute Gasteiger partial charge is 0.444 e. The highest BCUT2D eigenvalue weighted by atomic mass is 16.6. The number of nitrogens with two attached hydrogens (primary N) is 1. The van der Waals surface area contributed by atoms with Gasteiger partial charge in [0.1, 0.15) is 29.8 Å². The van der Waals surface area contributed by atoms with E-state index in [0.29, 0.717) is 0 Å². The molecule has 0 aromatic heterocycles. The third kappa shape index (κ3) is 18.0. The molecule has 0 bridgehead atoms. The first kappa shape index (κ1) is 48.6. The van der Waals surface area contributed by atoms with Crippen molar-refractivity contribution in [3.63, 3.8) is 0 Å². The van der Waals surface area contributed by atoms with Gasteiger partial charge in [0.2, 0.25) is 29.5 Å². The Morgan fingerprint density at radius 1 is 0.567 bits per heavy atom. The third-order valence-corrected chi connectivity index (χ3v) is 9.42. The molecule has 3 rings (SSSR count). The van der Waals surface area contributed by atoms with E-state index in [-0.39, 0.29) is 43.9 Å². The van der Waals surface area contributed by atoms with Gasteiger partial charge in [-0.3, -0.25) is 24.0 Å². The monoisotopic (exact) mass is 828 g/mol. The molecule has 0 spiro atoms. The molecule has 14 heteroatoms. The van der Waals surface area contributed by atoms with Crippen LogP contribution in [0.5, 0.6) is 0 Å². The fourth-order valence-electron chi connectivity index (χ4n) is 6.58. The number of carbonyl (C=O) groups is 6. The molecule has 0 aliphatic heterocycles. The van der Waals surface area contributed by atoms with Gasteiger partial charge in [-0.05, 0) is 62.1 Å². The Bertz CT molecular complexity index is 1840. The van der Waals surface area contributed by atoms with Crippen LogP contribution < -0.4 is 32.3 Å². The maximum atomic E-state index is 14.2. The van der Waals surface area contributed by atoms with Gasteiger partial charge in [-0.2, -0.15) is 0 Å². The number of hydrogen-bond acceptors (Lipinski definition) is 8. The summed E-state index contributed by atoms with van der Waals surface area (Å²) in [6.07, 6.45) is -1.77. The van der Waals surface area contributed by atoms with Crippen LogP contribution in [0.2, 0.25) is 0 Å². The zero-order valence-electron chi connectivity index (χ0n) is 35.9. The molecular weight excluding hydrogens is 765 g/mol. The van der Waals surface area contributed by atoms with Crippen molar-refractivity contribution in [2.75, 3.05) is 0 Å². The van der Waals surface area contributed by atoms with Crippen molar-refractivity contribution in [2.45, 2.75) is 129 Å². The van der Waals surface area contributed by atoms with Gasteiger partial charge in [0, 0.05) is 19.3 Å². The van der Waals surface area contributed by atoms with Crippen LogP contribution in [0.3, 0.4) is 0 Å². The minimum Gasteiger partial charge on any atom is -0.444 e. The summed E-state index contributed by atoms with van der Waals surface area (Å²) >= 11 is 0. The van der Waals surface area contributed by atoms with Crippen LogP contribution in [0.4, 0.5) is 4.79 Å². The molecule has 6 amide bonds. The lowest BCUT2D eigenvalue weighted by atomic mass is 9.95. The Morgan fingerprint density at radius 3 is 1.40 bits per heavy atom. The van der Waals surface area contributed by atoms with Gasteiger partial charge in [-0.1, -0.05) is 119 Å². The average molecular weight is 829 g/mol. The summed E-state index contributed by atoms with van der Waals surface area (Å²) in [4.78, 5) is 80.4. The molecule has 14 nitrogen and oxygen atoms in total. The van der Waals surface area contributed by atoms with Gasteiger partial charge in [-0.15, -0.1) is 0 Å². The van der Waals surface area contributed by atoms with Gasteiger partial charge in [-0.25, -0.2) is 4.79 Å². The number of aliphatic hydroxyl groups is 1. The maximum Gasteiger partial charge on any atom is 0.408 e. The lowest BCUT2D eigenvalue weighted by molar-refractivity contribution is -0.133.